The van der Waals surface area contributed by atoms with Gasteiger partial charge in [-0.3, -0.25) is 4.68 Å². The van der Waals surface area contributed by atoms with Gasteiger partial charge in [-0.2, -0.15) is 5.10 Å². The SMILES string of the molecule is COCCN(c1c(CN)c(C)nn1C)C(C)C1CC1. The van der Waals surface area contributed by atoms with Crippen LogP contribution in [0.3, 0.4) is 0 Å². The van der Waals surface area contributed by atoms with E-state index >= 15 is 0 Å². The van der Waals surface area contributed by atoms with E-state index in [-0.39, 0.29) is 0 Å². The fourth-order valence-electron chi connectivity index (χ4n) is 2.81. The zero-order valence-corrected chi connectivity index (χ0v) is 12.5. The highest BCUT2D eigenvalue weighted by atomic mass is 16.5. The number of nitrogens with zero attached hydrogens (tertiary/aromatic N) is 3. The Morgan fingerprint density at radius 3 is 2.74 bits per heavy atom. The summed E-state index contributed by atoms with van der Waals surface area (Å²) in [6.45, 7) is 6.49. The molecule has 0 amide bonds. The minimum atomic E-state index is 0.523. The molecular formula is C14H26N4O. The molecule has 1 heterocycles. The van der Waals surface area contributed by atoms with E-state index < -0.39 is 0 Å². The number of methoxy groups -OCH3 is 1. The van der Waals surface area contributed by atoms with Gasteiger partial charge in [-0.1, -0.05) is 0 Å². The van der Waals surface area contributed by atoms with Gasteiger partial charge >= 0.3 is 0 Å². The molecule has 0 radical (unpaired) electrons. The summed E-state index contributed by atoms with van der Waals surface area (Å²) in [4.78, 5) is 2.42. The minimum absolute atomic E-state index is 0.523. The molecule has 1 fully saturated rings. The molecule has 0 spiro atoms. The molecule has 0 bridgehead atoms. The summed E-state index contributed by atoms with van der Waals surface area (Å²) in [5.41, 5.74) is 8.10. The second-order valence-electron chi connectivity index (χ2n) is 5.48. The van der Waals surface area contributed by atoms with Crippen LogP contribution in [0.25, 0.3) is 0 Å². The maximum atomic E-state index is 5.91. The number of hydrogen-bond acceptors (Lipinski definition) is 4. The third-order valence-corrected chi connectivity index (χ3v) is 4.12. The van der Waals surface area contributed by atoms with E-state index in [1.165, 1.54) is 12.8 Å². The Kier molecular flexibility index (Phi) is 4.47. The minimum Gasteiger partial charge on any atom is -0.383 e. The van der Waals surface area contributed by atoms with Crippen LogP contribution in [-0.4, -0.2) is 36.1 Å². The molecule has 0 aromatic carbocycles. The molecule has 1 unspecified atom stereocenters. The molecule has 1 aromatic rings. The monoisotopic (exact) mass is 266 g/mol. The summed E-state index contributed by atoms with van der Waals surface area (Å²) in [6.07, 6.45) is 2.67. The quantitative estimate of drug-likeness (QED) is 0.811. The average Bonchev–Trinajstić information content (AvgIpc) is 3.17. The molecule has 19 heavy (non-hydrogen) atoms. The Labute approximate surface area is 115 Å². The lowest BCUT2D eigenvalue weighted by molar-refractivity contribution is 0.202. The van der Waals surface area contributed by atoms with Crippen molar-refractivity contribution in [1.29, 1.82) is 0 Å². The van der Waals surface area contributed by atoms with Crippen molar-refractivity contribution in [3.63, 3.8) is 0 Å². The maximum absolute atomic E-state index is 5.91. The lowest BCUT2D eigenvalue weighted by Gasteiger charge is -2.32. The van der Waals surface area contributed by atoms with Crippen molar-refractivity contribution in [3.05, 3.63) is 11.3 Å². The number of aromatic nitrogens is 2. The number of nitrogens with two attached hydrogens (primary N) is 1. The number of ether oxygens (including phenoxy) is 1. The highest BCUT2D eigenvalue weighted by Crippen LogP contribution is 2.37. The van der Waals surface area contributed by atoms with E-state index in [2.05, 4.69) is 16.9 Å². The Hall–Kier alpha value is -1.07. The summed E-state index contributed by atoms with van der Waals surface area (Å²) in [6, 6.07) is 0.523. The van der Waals surface area contributed by atoms with Crippen LogP contribution in [0.15, 0.2) is 0 Å². The van der Waals surface area contributed by atoms with Crippen molar-refractivity contribution in [2.24, 2.45) is 18.7 Å². The Morgan fingerprint density at radius 1 is 1.53 bits per heavy atom. The van der Waals surface area contributed by atoms with Gasteiger partial charge in [0.05, 0.1) is 12.3 Å². The topological polar surface area (TPSA) is 56.3 Å². The van der Waals surface area contributed by atoms with Crippen molar-refractivity contribution < 1.29 is 4.74 Å². The van der Waals surface area contributed by atoms with Crippen molar-refractivity contribution in [1.82, 2.24) is 9.78 Å². The number of rotatable bonds is 7. The van der Waals surface area contributed by atoms with Crippen LogP contribution in [0.1, 0.15) is 31.0 Å². The smallest absolute Gasteiger partial charge is 0.131 e. The average molecular weight is 266 g/mol. The first-order chi connectivity index (χ1) is 9.10. The van der Waals surface area contributed by atoms with Gasteiger partial charge in [0, 0.05) is 38.9 Å². The standard InChI is InChI=1S/C14H26N4O/c1-10-13(9-15)14(17(3)16-10)18(7-8-19-4)11(2)12-5-6-12/h11-12H,5-9,15H2,1-4H3. The lowest BCUT2D eigenvalue weighted by Crippen LogP contribution is -2.39. The summed E-state index contributed by atoms with van der Waals surface area (Å²) in [5, 5.41) is 4.53. The van der Waals surface area contributed by atoms with Gasteiger partial charge in [0.1, 0.15) is 5.82 Å². The summed E-state index contributed by atoms with van der Waals surface area (Å²) in [5.74, 6) is 1.97. The van der Waals surface area contributed by atoms with Crippen LogP contribution in [-0.2, 0) is 18.3 Å². The maximum Gasteiger partial charge on any atom is 0.131 e. The van der Waals surface area contributed by atoms with Gasteiger partial charge < -0.3 is 15.4 Å². The summed E-state index contributed by atoms with van der Waals surface area (Å²) >= 11 is 0. The zero-order chi connectivity index (χ0) is 14.0. The normalized spacial score (nSPS) is 16.7. The van der Waals surface area contributed by atoms with Crippen LogP contribution in [0.2, 0.25) is 0 Å². The molecule has 5 heteroatoms. The number of hydrogen-bond donors (Lipinski definition) is 1. The molecule has 1 aromatic heterocycles. The first-order valence-electron chi connectivity index (χ1n) is 7.08. The summed E-state index contributed by atoms with van der Waals surface area (Å²) in [7, 11) is 3.75. The first kappa shape index (κ1) is 14.3. The van der Waals surface area contributed by atoms with Crippen molar-refractivity contribution in [2.45, 2.75) is 39.3 Å². The Bertz CT molecular complexity index is 425. The molecule has 0 aliphatic heterocycles. The van der Waals surface area contributed by atoms with Crippen LogP contribution in [0.5, 0.6) is 0 Å². The molecule has 0 saturated heterocycles. The van der Waals surface area contributed by atoms with Crippen molar-refractivity contribution >= 4 is 5.82 Å². The molecule has 1 aliphatic rings. The zero-order valence-electron chi connectivity index (χ0n) is 12.5. The van der Waals surface area contributed by atoms with Crippen molar-refractivity contribution in [3.8, 4) is 0 Å². The molecule has 2 N–H and O–H groups in total. The van der Waals surface area contributed by atoms with Crippen LogP contribution in [0.4, 0.5) is 5.82 Å². The van der Waals surface area contributed by atoms with Crippen molar-refractivity contribution in [2.75, 3.05) is 25.2 Å². The van der Waals surface area contributed by atoms with Crippen LogP contribution < -0.4 is 10.6 Å². The van der Waals surface area contributed by atoms with E-state index in [9.17, 15) is 0 Å². The number of anilines is 1. The Morgan fingerprint density at radius 2 is 2.21 bits per heavy atom. The third kappa shape index (κ3) is 2.92. The predicted molar refractivity (Wildman–Crippen MR) is 77.2 cm³/mol. The van der Waals surface area contributed by atoms with E-state index in [1.54, 1.807) is 7.11 Å². The lowest BCUT2D eigenvalue weighted by atomic mass is 10.1. The van der Waals surface area contributed by atoms with Gasteiger partial charge in [-0.15, -0.1) is 0 Å². The van der Waals surface area contributed by atoms with E-state index in [0.717, 1.165) is 36.1 Å². The predicted octanol–water partition coefficient (Wildman–Crippen LogP) is 1.44. The van der Waals surface area contributed by atoms with Gasteiger partial charge in [0.15, 0.2) is 0 Å². The molecule has 108 valence electrons. The number of aryl methyl sites for hydroxylation is 2. The van der Waals surface area contributed by atoms with Crippen LogP contribution >= 0.6 is 0 Å². The highest BCUT2D eigenvalue weighted by Gasteiger charge is 2.34. The van der Waals surface area contributed by atoms with Gasteiger partial charge in [0.25, 0.3) is 0 Å². The second-order valence-corrected chi connectivity index (χ2v) is 5.48. The Balaban J connectivity index is 2.30. The molecular weight excluding hydrogens is 240 g/mol. The van der Waals surface area contributed by atoms with Gasteiger partial charge in [-0.25, -0.2) is 0 Å². The molecule has 5 nitrogen and oxygen atoms in total. The molecule has 2 rings (SSSR count). The third-order valence-electron chi connectivity index (χ3n) is 4.12. The molecule has 1 atom stereocenters. The van der Waals surface area contributed by atoms with Gasteiger partial charge in [0.2, 0.25) is 0 Å². The van der Waals surface area contributed by atoms with E-state index in [1.807, 2.05) is 18.7 Å². The molecule has 1 saturated carbocycles. The highest BCUT2D eigenvalue weighted by molar-refractivity contribution is 5.51. The second kappa shape index (κ2) is 5.92. The summed E-state index contributed by atoms with van der Waals surface area (Å²) < 4.78 is 7.23. The fraction of sp³-hybridized carbons (Fsp3) is 0.786. The fourth-order valence-corrected chi connectivity index (χ4v) is 2.81. The largest absolute Gasteiger partial charge is 0.383 e. The van der Waals surface area contributed by atoms with Crippen LogP contribution in [0, 0.1) is 12.8 Å². The first-order valence-corrected chi connectivity index (χ1v) is 7.08. The molecule has 1 aliphatic carbocycles. The van der Waals surface area contributed by atoms with Gasteiger partial charge in [-0.05, 0) is 32.6 Å². The van der Waals surface area contributed by atoms with E-state index in [0.29, 0.717) is 12.6 Å². The van der Waals surface area contributed by atoms with E-state index in [4.69, 9.17) is 10.5 Å².